The molecule has 0 aromatic heterocycles. The van der Waals surface area contributed by atoms with Gasteiger partial charge < -0.3 is 10.6 Å². The molecule has 0 unspecified atom stereocenters. The fourth-order valence-electron chi connectivity index (χ4n) is 2.17. The molecule has 0 saturated heterocycles. The Balaban J connectivity index is 2.23. The fourth-order valence-corrected chi connectivity index (χ4v) is 2.91. The molecule has 0 bridgehead atoms. The van der Waals surface area contributed by atoms with Gasteiger partial charge in [0.1, 0.15) is 0 Å². The lowest BCUT2D eigenvalue weighted by molar-refractivity contribution is -0.116. The minimum atomic E-state index is 0.133. The average Bonchev–Trinajstić information content (AvgIpc) is 2.35. The van der Waals surface area contributed by atoms with Crippen molar-refractivity contribution >= 4 is 23.4 Å². The van der Waals surface area contributed by atoms with Gasteiger partial charge in [-0.15, -0.1) is 11.8 Å². The minimum Gasteiger partial charge on any atom is -0.330 e. The van der Waals surface area contributed by atoms with E-state index < -0.39 is 0 Å². The topological polar surface area (TPSA) is 46.3 Å². The van der Waals surface area contributed by atoms with E-state index in [-0.39, 0.29) is 5.91 Å². The van der Waals surface area contributed by atoms with E-state index in [1.54, 1.807) is 18.7 Å². The zero-order chi connectivity index (χ0) is 12.3. The molecule has 0 spiro atoms. The second-order valence-electron chi connectivity index (χ2n) is 4.20. The van der Waals surface area contributed by atoms with Gasteiger partial charge in [0, 0.05) is 36.3 Å². The molecule has 17 heavy (non-hydrogen) atoms. The summed E-state index contributed by atoms with van der Waals surface area (Å²) in [5.41, 5.74) is 7.87. The van der Waals surface area contributed by atoms with Crippen LogP contribution in [0.15, 0.2) is 23.1 Å². The number of amides is 1. The number of aryl methyl sites for hydroxylation is 1. The van der Waals surface area contributed by atoms with Gasteiger partial charge in [-0.25, -0.2) is 0 Å². The first kappa shape index (κ1) is 12.5. The molecule has 0 fully saturated rings. The Labute approximate surface area is 106 Å². The van der Waals surface area contributed by atoms with Crippen molar-refractivity contribution in [3.8, 4) is 0 Å². The lowest BCUT2D eigenvalue weighted by Gasteiger charge is -2.28. The Morgan fingerprint density at radius 1 is 1.53 bits per heavy atom. The summed E-state index contributed by atoms with van der Waals surface area (Å²) in [6.45, 7) is 3.17. The number of nitrogens with zero attached hydrogens (tertiary/aromatic N) is 1. The van der Waals surface area contributed by atoms with Gasteiger partial charge in [-0.1, -0.05) is 0 Å². The Kier molecular flexibility index (Phi) is 4.07. The van der Waals surface area contributed by atoms with Gasteiger partial charge in [0.25, 0.3) is 0 Å². The van der Waals surface area contributed by atoms with E-state index in [1.165, 1.54) is 10.5 Å². The summed E-state index contributed by atoms with van der Waals surface area (Å²) in [4.78, 5) is 14.6. The van der Waals surface area contributed by atoms with Gasteiger partial charge in [-0.2, -0.15) is 0 Å². The number of fused-ring (bicyclic) bond motifs is 1. The monoisotopic (exact) mass is 250 g/mol. The summed E-state index contributed by atoms with van der Waals surface area (Å²) in [5, 5.41) is 0. The highest BCUT2D eigenvalue weighted by Gasteiger charge is 2.19. The Morgan fingerprint density at radius 3 is 3.06 bits per heavy atom. The predicted octanol–water partition coefficient (Wildman–Crippen LogP) is 2.04. The van der Waals surface area contributed by atoms with Crippen LogP contribution in [-0.2, 0) is 11.2 Å². The van der Waals surface area contributed by atoms with Crippen LogP contribution in [0.5, 0.6) is 0 Å². The van der Waals surface area contributed by atoms with Crippen LogP contribution in [0.2, 0.25) is 0 Å². The molecule has 1 aliphatic rings. The largest absolute Gasteiger partial charge is 0.330 e. The van der Waals surface area contributed by atoms with Crippen LogP contribution in [-0.4, -0.2) is 24.7 Å². The van der Waals surface area contributed by atoms with Crippen molar-refractivity contribution in [2.45, 2.75) is 24.7 Å². The van der Waals surface area contributed by atoms with Gasteiger partial charge >= 0.3 is 0 Å². The number of hydrogen-bond acceptors (Lipinski definition) is 3. The van der Waals surface area contributed by atoms with E-state index in [0.29, 0.717) is 6.54 Å². The van der Waals surface area contributed by atoms with E-state index in [1.807, 2.05) is 4.90 Å². The fraction of sp³-hybridized carbons (Fsp3) is 0.462. The molecule has 4 heteroatoms. The number of hydrogen-bond donors (Lipinski definition) is 1. The molecule has 3 nitrogen and oxygen atoms in total. The van der Waals surface area contributed by atoms with Crippen LogP contribution >= 0.6 is 11.8 Å². The molecule has 2 rings (SSSR count). The highest BCUT2D eigenvalue weighted by molar-refractivity contribution is 7.99. The highest BCUT2D eigenvalue weighted by atomic mass is 32.2. The zero-order valence-corrected chi connectivity index (χ0v) is 10.9. The van der Waals surface area contributed by atoms with Crippen LogP contribution in [0.3, 0.4) is 0 Å². The van der Waals surface area contributed by atoms with Crippen LogP contribution in [0.25, 0.3) is 0 Å². The van der Waals surface area contributed by atoms with Gasteiger partial charge in [0.15, 0.2) is 0 Å². The standard InChI is InChI=1S/C13H18N2OS/c1-10(16)15-7-2-3-11-9-12(17-8-6-14)4-5-13(11)15/h4-5,9H,2-3,6-8,14H2,1H3. The molecule has 1 aromatic rings. The number of carbonyl (C=O) groups is 1. The third-order valence-corrected chi connectivity index (χ3v) is 3.96. The number of thioether (sulfide) groups is 1. The van der Waals surface area contributed by atoms with Gasteiger partial charge in [0.2, 0.25) is 5.91 Å². The second-order valence-corrected chi connectivity index (χ2v) is 5.37. The first-order chi connectivity index (χ1) is 8.22. The third kappa shape index (κ3) is 2.82. The number of anilines is 1. The molecule has 1 aromatic carbocycles. The number of benzene rings is 1. The van der Waals surface area contributed by atoms with E-state index in [2.05, 4.69) is 18.2 Å². The van der Waals surface area contributed by atoms with Crippen LogP contribution in [0.1, 0.15) is 18.9 Å². The van der Waals surface area contributed by atoms with Crippen LogP contribution < -0.4 is 10.6 Å². The summed E-state index contributed by atoms with van der Waals surface area (Å²) in [7, 11) is 0. The van der Waals surface area contributed by atoms with Crippen molar-refractivity contribution in [1.82, 2.24) is 0 Å². The van der Waals surface area contributed by atoms with Crippen LogP contribution in [0.4, 0.5) is 5.69 Å². The van der Waals surface area contributed by atoms with Crippen molar-refractivity contribution in [2.75, 3.05) is 23.7 Å². The maximum absolute atomic E-state index is 11.5. The van der Waals surface area contributed by atoms with E-state index >= 15 is 0 Å². The maximum atomic E-state index is 11.5. The molecular formula is C13H18N2OS. The normalized spacial score (nSPS) is 14.6. The smallest absolute Gasteiger partial charge is 0.223 e. The van der Waals surface area contributed by atoms with Crippen molar-refractivity contribution in [3.63, 3.8) is 0 Å². The van der Waals surface area contributed by atoms with Crippen molar-refractivity contribution in [2.24, 2.45) is 5.73 Å². The second kappa shape index (κ2) is 5.56. The van der Waals surface area contributed by atoms with Gasteiger partial charge in [-0.05, 0) is 36.6 Å². The first-order valence-corrected chi connectivity index (χ1v) is 6.95. The Hall–Kier alpha value is -1.00. The number of rotatable bonds is 3. The minimum absolute atomic E-state index is 0.133. The summed E-state index contributed by atoms with van der Waals surface area (Å²) in [6, 6.07) is 6.35. The Bertz CT molecular complexity index is 420. The molecule has 1 heterocycles. The molecule has 0 atom stereocenters. The van der Waals surface area contributed by atoms with Gasteiger partial charge in [-0.3, -0.25) is 4.79 Å². The predicted molar refractivity (Wildman–Crippen MR) is 72.6 cm³/mol. The van der Waals surface area contributed by atoms with Crippen molar-refractivity contribution in [1.29, 1.82) is 0 Å². The van der Waals surface area contributed by atoms with Crippen molar-refractivity contribution < 1.29 is 4.79 Å². The Morgan fingerprint density at radius 2 is 2.35 bits per heavy atom. The van der Waals surface area contributed by atoms with E-state index in [0.717, 1.165) is 30.8 Å². The lowest BCUT2D eigenvalue weighted by atomic mass is 10.0. The quantitative estimate of drug-likeness (QED) is 0.835. The maximum Gasteiger partial charge on any atom is 0.223 e. The van der Waals surface area contributed by atoms with E-state index in [4.69, 9.17) is 5.73 Å². The molecule has 92 valence electrons. The number of carbonyl (C=O) groups excluding carboxylic acids is 1. The molecule has 1 amide bonds. The summed E-state index contributed by atoms with van der Waals surface area (Å²) in [6.07, 6.45) is 2.12. The lowest BCUT2D eigenvalue weighted by Crippen LogP contribution is -2.33. The van der Waals surface area contributed by atoms with Crippen molar-refractivity contribution in [3.05, 3.63) is 23.8 Å². The molecular weight excluding hydrogens is 232 g/mol. The number of nitrogens with two attached hydrogens (primary N) is 1. The molecule has 0 saturated carbocycles. The SMILES string of the molecule is CC(=O)N1CCCc2cc(SCCN)ccc21. The third-order valence-electron chi connectivity index (χ3n) is 2.94. The summed E-state index contributed by atoms with van der Waals surface area (Å²) < 4.78 is 0. The van der Waals surface area contributed by atoms with Crippen LogP contribution in [0, 0.1) is 0 Å². The molecule has 0 aliphatic carbocycles. The molecule has 0 radical (unpaired) electrons. The first-order valence-electron chi connectivity index (χ1n) is 5.96. The average molecular weight is 250 g/mol. The van der Waals surface area contributed by atoms with Gasteiger partial charge in [0.05, 0.1) is 0 Å². The summed E-state index contributed by atoms with van der Waals surface area (Å²) >= 11 is 1.77. The molecule has 1 aliphatic heterocycles. The van der Waals surface area contributed by atoms with E-state index in [9.17, 15) is 4.79 Å². The summed E-state index contributed by atoms with van der Waals surface area (Å²) in [5.74, 6) is 1.07. The molecule has 2 N–H and O–H groups in total. The highest BCUT2D eigenvalue weighted by Crippen LogP contribution is 2.31. The zero-order valence-electron chi connectivity index (χ0n) is 10.1.